The molecule has 5 nitrogen and oxygen atoms in total. The van der Waals surface area contributed by atoms with E-state index in [4.69, 9.17) is 15.9 Å². The minimum absolute atomic E-state index is 0.0351. The Morgan fingerprint density at radius 1 is 1.57 bits per heavy atom. The van der Waals surface area contributed by atoms with Crippen molar-refractivity contribution in [3.8, 4) is 0 Å². The van der Waals surface area contributed by atoms with Crippen molar-refractivity contribution in [3.05, 3.63) is 0 Å². The summed E-state index contributed by atoms with van der Waals surface area (Å²) in [6, 6.07) is 0. The predicted octanol–water partition coefficient (Wildman–Crippen LogP) is 0.401. The molecule has 0 saturated carbocycles. The van der Waals surface area contributed by atoms with Gasteiger partial charge >= 0.3 is 5.97 Å². The Morgan fingerprint density at radius 2 is 2.14 bits per heavy atom. The molecule has 0 atom stereocenters. The van der Waals surface area contributed by atoms with E-state index in [0.717, 1.165) is 6.42 Å². The van der Waals surface area contributed by atoms with E-state index in [1.165, 1.54) is 4.90 Å². The average molecular weight is 201 g/mol. The second kappa shape index (κ2) is 6.23. The number of esters is 1. The highest BCUT2D eigenvalue weighted by Crippen LogP contribution is 1.99. The van der Waals surface area contributed by atoms with Crippen molar-refractivity contribution in [2.24, 2.45) is 11.7 Å². The van der Waals surface area contributed by atoms with Crippen LogP contribution in [0.15, 0.2) is 0 Å². The van der Waals surface area contributed by atoms with E-state index >= 15 is 0 Å². The zero-order valence-electron chi connectivity index (χ0n) is 9.04. The van der Waals surface area contributed by atoms with Gasteiger partial charge in [0, 0.05) is 7.05 Å². The minimum atomic E-state index is -0.344. The maximum Gasteiger partial charge on any atom is 0.325 e. The highest BCUT2D eigenvalue weighted by Gasteiger charge is 2.08. The second-order valence-corrected chi connectivity index (χ2v) is 3.64. The molecule has 0 radical (unpaired) electrons. The van der Waals surface area contributed by atoms with Gasteiger partial charge in [-0.2, -0.15) is 0 Å². The first-order chi connectivity index (χ1) is 6.43. The number of nitrogens with two attached hydrogens (primary N) is 1. The third-order valence-corrected chi connectivity index (χ3v) is 1.74. The number of carbonyl (C=O) groups excluding carboxylic acids is 1. The molecule has 0 aromatic rings. The number of rotatable bonds is 5. The van der Waals surface area contributed by atoms with Crippen LogP contribution in [0.2, 0.25) is 0 Å². The highest BCUT2D eigenvalue weighted by atomic mass is 16.5. The first-order valence-corrected chi connectivity index (χ1v) is 4.64. The SMILES string of the molecule is CC(C)CCOC(=O)CN(C)C(=N)N. The number of likely N-dealkylation sites (N-methyl/N-ethyl adjacent to an activating group) is 1. The first kappa shape index (κ1) is 12.7. The molecule has 3 N–H and O–H groups in total. The van der Waals surface area contributed by atoms with Crippen molar-refractivity contribution in [2.75, 3.05) is 20.2 Å². The molecule has 0 aliphatic heterocycles. The summed E-state index contributed by atoms with van der Waals surface area (Å²) in [4.78, 5) is 12.5. The van der Waals surface area contributed by atoms with E-state index in [-0.39, 0.29) is 18.5 Å². The van der Waals surface area contributed by atoms with Gasteiger partial charge in [-0.3, -0.25) is 10.2 Å². The number of guanidine groups is 1. The summed E-state index contributed by atoms with van der Waals surface area (Å²) in [6.07, 6.45) is 0.857. The van der Waals surface area contributed by atoms with E-state index in [1.54, 1.807) is 7.05 Å². The van der Waals surface area contributed by atoms with E-state index in [2.05, 4.69) is 13.8 Å². The molecule has 0 unspecified atom stereocenters. The molecule has 0 saturated heterocycles. The highest BCUT2D eigenvalue weighted by molar-refractivity contribution is 5.80. The Kier molecular flexibility index (Phi) is 5.67. The van der Waals surface area contributed by atoms with Crippen LogP contribution in [0, 0.1) is 11.3 Å². The van der Waals surface area contributed by atoms with Crippen LogP contribution in [0.4, 0.5) is 0 Å². The molecule has 0 aliphatic rings. The number of nitrogens with zero attached hydrogens (tertiary/aromatic N) is 1. The van der Waals surface area contributed by atoms with E-state index in [0.29, 0.717) is 12.5 Å². The molecule has 5 heteroatoms. The van der Waals surface area contributed by atoms with Gasteiger partial charge in [0.1, 0.15) is 6.54 Å². The van der Waals surface area contributed by atoms with Crippen LogP contribution in [0.5, 0.6) is 0 Å². The Hall–Kier alpha value is -1.26. The third-order valence-electron chi connectivity index (χ3n) is 1.74. The molecule has 0 aromatic carbocycles. The van der Waals surface area contributed by atoms with Gasteiger partial charge in [0.05, 0.1) is 6.61 Å². The number of ether oxygens (including phenoxy) is 1. The lowest BCUT2D eigenvalue weighted by Gasteiger charge is -2.15. The topological polar surface area (TPSA) is 79.4 Å². The fraction of sp³-hybridized carbons (Fsp3) is 0.778. The van der Waals surface area contributed by atoms with Crippen molar-refractivity contribution in [3.63, 3.8) is 0 Å². The molecular weight excluding hydrogens is 182 g/mol. The molecule has 0 spiro atoms. The van der Waals surface area contributed by atoms with Crippen LogP contribution >= 0.6 is 0 Å². The maximum atomic E-state index is 11.1. The summed E-state index contributed by atoms with van der Waals surface area (Å²) in [7, 11) is 1.58. The molecule has 0 rings (SSSR count). The summed E-state index contributed by atoms with van der Waals surface area (Å²) in [5.74, 6) is 0.0440. The van der Waals surface area contributed by atoms with Crippen molar-refractivity contribution in [2.45, 2.75) is 20.3 Å². The number of hydrogen-bond donors (Lipinski definition) is 2. The zero-order chi connectivity index (χ0) is 11.1. The van der Waals surface area contributed by atoms with Gasteiger partial charge in [-0.1, -0.05) is 13.8 Å². The van der Waals surface area contributed by atoms with Gasteiger partial charge in [0.2, 0.25) is 0 Å². The molecule has 0 amide bonds. The van der Waals surface area contributed by atoms with Gasteiger partial charge in [-0.25, -0.2) is 0 Å². The van der Waals surface area contributed by atoms with Gasteiger partial charge < -0.3 is 15.4 Å². The average Bonchev–Trinajstić information content (AvgIpc) is 2.02. The predicted molar refractivity (Wildman–Crippen MR) is 55.0 cm³/mol. The van der Waals surface area contributed by atoms with Crippen molar-refractivity contribution < 1.29 is 9.53 Å². The van der Waals surface area contributed by atoms with E-state index in [1.807, 2.05) is 0 Å². The van der Waals surface area contributed by atoms with Crippen LogP contribution < -0.4 is 5.73 Å². The molecule has 14 heavy (non-hydrogen) atoms. The number of hydrogen-bond acceptors (Lipinski definition) is 3. The second-order valence-electron chi connectivity index (χ2n) is 3.64. The summed E-state index contributed by atoms with van der Waals surface area (Å²) in [6.45, 7) is 4.60. The molecule has 0 aromatic heterocycles. The molecule has 0 heterocycles. The Balaban J connectivity index is 3.60. The fourth-order valence-electron chi connectivity index (χ4n) is 0.733. The molecule has 0 aliphatic carbocycles. The lowest BCUT2D eigenvalue weighted by atomic mass is 10.1. The smallest absolute Gasteiger partial charge is 0.325 e. The monoisotopic (exact) mass is 201 g/mol. The van der Waals surface area contributed by atoms with Crippen LogP contribution in [-0.2, 0) is 9.53 Å². The quantitative estimate of drug-likeness (QED) is 0.383. The Labute approximate surface area is 84.7 Å². The van der Waals surface area contributed by atoms with E-state index in [9.17, 15) is 4.79 Å². The summed E-state index contributed by atoms with van der Waals surface area (Å²) in [5.41, 5.74) is 5.16. The lowest BCUT2D eigenvalue weighted by molar-refractivity contribution is -0.144. The standard InChI is InChI=1S/C9H19N3O2/c1-7(2)4-5-14-8(13)6-12(3)9(10)11/h7H,4-6H2,1-3H3,(H3,10,11). The van der Waals surface area contributed by atoms with Crippen molar-refractivity contribution in [1.29, 1.82) is 5.41 Å². The molecule has 82 valence electrons. The van der Waals surface area contributed by atoms with Crippen LogP contribution in [0.3, 0.4) is 0 Å². The van der Waals surface area contributed by atoms with E-state index < -0.39 is 0 Å². The molecule has 0 fully saturated rings. The van der Waals surface area contributed by atoms with Gasteiger partial charge in [-0.15, -0.1) is 0 Å². The Morgan fingerprint density at radius 3 is 2.57 bits per heavy atom. The van der Waals surface area contributed by atoms with Gasteiger partial charge in [0.15, 0.2) is 5.96 Å². The largest absolute Gasteiger partial charge is 0.464 e. The van der Waals surface area contributed by atoms with Crippen LogP contribution in [0.25, 0.3) is 0 Å². The van der Waals surface area contributed by atoms with Crippen LogP contribution in [-0.4, -0.2) is 37.0 Å². The molecule has 0 bridgehead atoms. The normalized spacial score (nSPS) is 10.0. The fourth-order valence-corrected chi connectivity index (χ4v) is 0.733. The van der Waals surface area contributed by atoms with Gasteiger partial charge in [-0.05, 0) is 12.3 Å². The molecular formula is C9H19N3O2. The van der Waals surface area contributed by atoms with Crippen LogP contribution in [0.1, 0.15) is 20.3 Å². The van der Waals surface area contributed by atoms with Gasteiger partial charge in [0.25, 0.3) is 0 Å². The summed E-state index contributed by atoms with van der Waals surface area (Å²) in [5, 5.41) is 7.03. The Bertz CT molecular complexity index is 204. The maximum absolute atomic E-state index is 11.1. The first-order valence-electron chi connectivity index (χ1n) is 4.64. The minimum Gasteiger partial charge on any atom is -0.464 e. The summed E-state index contributed by atoms with van der Waals surface area (Å²) < 4.78 is 4.94. The van der Waals surface area contributed by atoms with Crippen molar-refractivity contribution >= 4 is 11.9 Å². The van der Waals surface area contributed by atoms with Crippen molar-refractivity contribution in [1.82, 2.24) is 4.90 Å². The number of carbonyl (C=O) groups is 1. The number of nitrogens with one attached hydrogen (secondary N) is 1. The summed E-state index contributed by atoms with van der Waals surface area (Å²) >= 11 is 0. The lowest BCUT2D eigenvalue weighted by Crippen LogP contribution is -2.37. The third kappa shape index (κ3) is 6.28. The zero-order valence-corrected chi connectivity index (χ0v) is 9.04.